The molecule has 0 saturated heterocycles. The Balaban J connectivity index is 0.000000240. The van der Waals surface area contributed by atoms with Crippen molar-refractivity contribution in [2.45, 2.75) is 92.4 Å². The lowest BCUT2D eigenvalue weighted by atomic mass is 9.98. The van der Waals surface area contributed by atoms with Gasteiger partial charge in [-0.2, -0.15) is 9.13 Å². The van der Waals surface area contributed by atoms with Crippen LogP contribution in [-0.4, -0.2) is 48.1 Å². The molecule has 2 atom stereocenters. The number of halogens is 2. The second-order valence-electron chi connectivity index (χ2n) is 17.4. The third-order valence-corrected chi connectivity index (χ3v) is 13.3. The van der Waals surface area contributed by atoms with Crippen molar-refractivity contribution in [3.63, 3.8) is 0 Å². The number of pyridine rings is 2. The highest BCUT2D eigenvalue weighted by atomic mass is 127. The van der Waals surface area contributed by atoms with E-state index in [1.54, 1.807) is 0 Å². The maximum atomic E-state index is 6.26. The molecule has 10 heteroatoms. The van der Waals surface area contributed by atoms with Crippen LogP contribution in [0.4, 0.5) is 22.7 Å². The Morgan fingerprint density at radius 2 is 0.758 bits per heavy atom. The highest BCUT2D eigenvalue weighted by Gasteiger charge is 2.26. The predicted octanol–water partition coefficient (Wildman–Crippen LogP) is 5.25. The molecule has 0 fully saturated rings. The molecule has 0 aliphatic carbocycles. The SMILES string of the molecule is CCC(C)N(CC)CCC[n+]1c(-c2ccccc2)c2cc(N)ccc2c2ccc(N)cc21.CCC(C)N(CC)CCC[n+]1c(-c2ccccc2)c2cc(N)ccc2c2ccc(N)cc21.[I-].[I-]. The van der Waals surface area contributed by atoms with Crippen molar-refractivity contribution in [3.05, 3.63) is 133 Å². The highest BCUT2D eigenvalue weighted by molar-refractivity contribution is 6.11. The molecule has 2 heterocycles. The minimum Gasteiger partial charge on any atom is -1.00 e. The van der Waals surface area contributed by atoms with Crippen molar-refractivity contribution in [1.82, 2.24) is 9.80 Å². The van der Waals surface area contributed by atoms with E-state index in [0.29, 0.717) is 12.1 Å². The molecule has 8 aromatic rings. The standard InChI is InChI=1S/2C28H34N4.2HI/c2*1-4-20(3)31(5-2)16-9-17-32-27-19-23(30)13-15-25(27)24-14-12-22(29)18-26(24)28(32)21-10-7-6-8-11-21;;/h2*6-8,10-15,18-20,30H,4-5,9,16-17,29H2,1-3H3;2*1H. The van der Waals surface area contributed by atoms with Crippen molar-refractivity contribution in [1.29, 1.82) is 0 Å². The van der Waals surface area contributed by atoms with E-state index in [1.807, 2.05) is 24.3 Å². The van der Waals surface area contributed by atoms with Gasteiger partial charge in [-0.25, -0.2) is 0 Å². The first-order valence-electron chi connectivity index (χ1n) is 23.5. The first-order chi connectivity index (χ1) is 31.1. The van der Waals surface area contributed by atoms with Gasteiger partial charge in [0.25, 0.3) is 0 Å². The molecule has 0 bridgehead atoms. The molecule has 0 amide bonds. The summed E-state index contributed by atoms with van der Waals surface area (Å²) in [6.07, 6.45) is 4.48. The third-order valence-electron chi connectivity index (χ3n) is 13.3. The van der Waals surface area contributed by atoms with Crippen molar-refractivity contribution in [3.8, 4) is 22.5 Å². The fraction of sp³-hybridized carbons (Fsp3) is 0.321. The molecule has 66 heavy (non-hydrogen) atoms. The van der Waals surface area contributed by atoms with Gasteiger partial charge in [0.2, 0.25) is 22.4 Å². The maximum absolute atomic E-state index is 6.26. The maximum Gasteiger partial charge on any atom is 0.220 e. The van der Waals surface area contributed by atoms with E-state index in [4.69, 9.17) is 22.9 Å². The fourth-order valence-corrected chi connectivity index (χ4v) is 9.56. The number of aromatic nitrogens is 2. The number of hydrogen-bond donors (Lipinski definition) is 4. The van der Waals surface area contributed by atoms with Crippen LogP contribution < -0.4 is 80.0 Å². The van der Waals surface area contributed by atoms with Gasteiger partial charge in [-0.15, -0.1) is 0 Å². The number of anilines is 4. The lowest BCUT2D eigenvalue weighted by molar-refractivity contribution is -0.660. The topological polar surface area (TPSA) is 118 Å². The fourth-order valence-electron chi connectivity index (χ4n) is 9.56. The van der Waals surface area contributed by atoms with E-state index in [0.717, 1.165) is 74.9 Å². The minimum atomic E-state index is 0. The Kier molecular flexibility index (Phi) is 19.2. The van der Waals surface area contributed by atoms with Crippen LogP contribution in [0.15, 0.2) is 133 Å². The second-order valence-corrected chi connectivity index (χ2v) is 17.4. The normalized spacial score (nSPS) is 12.2. The van der Waals surface area contributed by atoms with Crippen LogP contribution in [0.2, 0.25) is 0 Å². The Morgan fingerprint density at radius 3 is 1.09 bits per heavy atom. The molecule has 6 aromatic carbocycles. The molecule has 2 unspecified atom stereocenters. The Hall–Kier alpha value is -4.76. The predicted molar refractivity (Wildman–Crippen MR) is 275 cm³/mol. The van der Waals surface area contributed by atoms with Crippen LogP contribution in [0.5, 0.6) is 0 Å². The molecule has 0 spiro atoms. The molecule has 2 aromatic heterocycles. The highest BCUT2D eigenvalue weighted by Crippen LogP contribution is 2.35. The number of nitrogen functional groups attached to an aromatic ring is 4. The van der Waals surface area contributed by atoms with Gasteiger partial charge in [0.1, 0.15) is 0 Å². The van der Waals surface area contributed by atoms with E-state index in [-0.39, 0.29) is 48.0 Å². The quantitative estimate of drug-likeness (QED) is 0.0455. The van der Waals surface area contributed by atoms with Gasteiger partial charge >= 0.3 is 0 Å². The van der Waals surface area contributed by atoms with Crippen LogP contribution in [0, 0.1) is 0 Å². The van der Waals surface area contributed by atoms with Crippen molar-refractivity contribution >= 4 is 66.1 Å². The number of aryl methyl sites for hydroxylation is 2. The van der Waals surface area contributed by atoms with Gasteiger partial charge in [0.05, 0.1) is 21.5 Å². The van der Waals surface area contributed by atoms with Gasteiger partial charge in [-0.1, -0.05) is 76.2 Å². The number of nitrogens with two attached hydrogens (primary N) is 4. The summed E-state index contributed by atoms with van der Waals surface area (Å²) in [4.78, 5) is 5.14. The van der Waals surface area contributed by atoms with Gasteiger partial charge in [0, 0.05) is 94.8 Å². The largest absolute Gasteiger partial charge is 1.00 e. The second kappa shape index (κ2) is 24.3. The number of rotatable bonds is 16. The summed E-state index contributed by atoms with van der Waals surface area (Å²) >= 11 is 0. The first kappa shape index (κ1) is 52.2. The summed E-state index contributed by atoms with van der Waals surface area (Å²) in [6, 6.07) is 47.5. The van der Waals surface area contributed by atoms with E-state index in [2.05, 4.69) is 170 Å². The smallest absolute Gasteiger partial charge is 0.220 e. The summed E-state index contributed by atoms with van der Waals surface area (Å²) in [6.45, 7) is 19.8. The van der Waals surface area contributed by atoms with Crippen molar-refractivity contribution in [2.24, 2.45) is 0 Å². The summed E-state index contributed by atoms with van der Waals surface area (Å²) in [7, 11) is 0. The van der Waals surface area contributed by atoms with Crippen LogP contribution in [0.25, 0.3) is 65.9 Å². The number of nitrogens with zero attached hydrogens (tertiary/aromatic N) is 4. The summed E-state index contributed by atoms with van der Waals surface area (Å²) in [5.41, 5.74) is 35.3. The monoisotopic (exact) mass is 1110 g/mol. The van der Waals surface area contributed by atoms with Crippen molar-refractivity contribution in [2.75, 3.05) is 49.1 Å². The first-order valence-corrected chi connectivity index (χ1v) is 23.5. The molecular formula is C56H70I2N8. The number of fused-ring (bicyclic) bond motifs is 6. The minimum absolute atomic E-state index is 0. The van der Waals surface area contributed by atoms with Gasteiger partial charge in [-0.05, 0) is 113 Å². The van der Waals surface area contributed by atoms with E-state index >= 15 is 0 Å². The third kappa shape index (κ3) is 11.7. The molecule has 8 rings (SSSR count). The van der Waals surface area contributed by atoms with E-state index in [9.17, 15) is 0 Å². The van der Waals surface area contributed by atoms with Crippen LogP contribution >= 0.6 is 0 Å². The van der Waals surface area contributed by atoms with Gasteiger partial charge in [0.15, 0.2) is 13.1 Å². The zero-order chi connectivity index (χ0) is 45.3. The number of hydrogen-bond acceptors (Lipinski definition) is 6. The van der Waals surface area contributed by atoms with Crippen LogP contribution in [0.3, 0.4) is 0 Å². The Bertz CT molecular complexity index is 2640. The van der Waals surface area contributed by atoms with Crippen molar-refractivity contribution < 1.29 is 57.1 Å². The lowest BCUT2D eigenvalue weighted by Gasteiger charge is -2.26. The zero-order valence-corrected chi connectivity index (χ0v) is 44.1. The molecule has 0 aliphatic heterocycles. The molecule has 348 valence electrons. The molecule has 0 aliphatic rings. The van der Waals surface area contributed by atoms with E-state index < -0.39 is 0 Å². The Labute approximate surface area is 427 Å². The molecule has 0 radical (unpaired) electrons. The molecule has 8 N–H and O–H groups in total. The molecule has 0 saturated carbocycles. The van der Waals surface area contributed by atoms with Gasteiger partial charge in [-0.3, -0.25) is 0 Å². The summed E-state index contributed by atoms with van der Waals surface area (Å²) < 4.78 is 4.90. The van der Waals surface area contributed by atoms with Crippen LogP contribution in [0.1, 0.15) is 67.2 Å². The molecule has 8 nitrogen and oxygen atoms in total. The van der Waals surface area contributed by atoms with Crippen LogP contribution in [-0.2, 0) is 13.1 Å². The Morgan fingerprint density at radius 1 is 0.424 bits per heavy atom. The number of benzene rings is 6. The van der Waals surface area contributed by atoms with E-state index in [1.165, 1.54) is 78.7 Å². The lowest BCUT2D eigenvalue weighted by Crippen LogP contribution is -3.00. The average Bonchev–Trinajstić information content (AvgIpc) is 3.31. The zero-order valence-electron chi connectivity index (χ0n) is 39.8. The van der Waals surface area contributed by atoms with Gasteiger partial charge < -0.3 is 80.7 Å². The summed E-state index contributed by atoms with van der Waals surface area (Å²) in [5.74, 6) is 0. The molecular weight excluding hydrogens is 1040 g/mol. The summed E-state index contributed by atoms with van der Waals surface area (Å²) in [5, 5.41) is 7.20. The average molecular weight is 1110 g/mol.